The molecule has 1 fully saturated rings. The first-order valence-corrected chi connectivity index (χ1v) is 10.0. The monoisotopic (exact) mass is 402 g/mol. The smallest absolute Gasteiger partial charge is 0.279 e. The van der Waals surface area contributed by atoms with E-state index >= 15 is 0 Å². The van der Waals surface area contributed by atoms with Crippen LogP contribution in [0.2, 0.25) is 0 Å². The highest BCUT2D eigenvalue weighted by molar-refractivity contribution is 5.78. The summed E-state index contributed by atoms with van der Waals surface area (Å²) < 4.78 is 1.60. The Hall–Kier alpha value is -3.75. The summed E-state index contributed by atoms with van der Waals surface area (Å²) in [6, 6.07) is 8.24. The van der Waals surface area contributed by atoms with E-state index in [0.29, 0.717) is 23.5 Å². The maximum atomic E-state index is 12.6. The number of aromatic nitrogens is 6. The van der Waals surface area contributed by atoms with Crippen LogP contribution in [-0.2, 0) is 0 Å². The molecule has 1 aliphatic carbocycles. The quantitative estimate of drug-likeness (QED) is 0.470. The van der Waals surface area contributed by atoms with E-state index < -0.39 is 0 Å². The van der Waals surface area contributed by atoms with Gasteiger partial charge in [0.15, 0.2) is 0 Å². The number of fused-ring (bicyclic) bond motifs is 1. The third kappa shape index (κ3) is 3.61. The van der Waals surface area contributed by atoms with Crippen LogP contribution in [0.5, 0.6) is 0 Å². The molecule has 0 aromatic carbocycles. The zero-order valence-electron chi connectivity index (χ0n) is 16.5. The molecule has 0 aliphatic heterocycles. The Kier molecular flexibility index (Phi) is 4.62. The fourth-order valence-corrected chi connectivity index (χ4v) is 3.90. The van der Waals surface area contributed by atoms with Crippen LogP contribution in [0.3, 0.4) is 0 Å². The van der Waals surface area contributed by atoms with Gasteiger partial charge in [-0.15, -0.1) is 5.10 Å². The molecule has 0 amide bonds. The number of hydrogen-bond donors (Lipinski definition) is 3. The van der Waals surface area contributed by atoms with Crippen molar-refractivity contribution in [3.05, 3.63) is 65.1 Å². The summed E-state index contributed by atoms with van der Waals surface area (Å²) in [6.45, 7) is 1.87. The number of aryl methyl sites for hydroxylation is 1. The van der Waals surface area contributed by atoms with Crippen molar-refractivity contribution in [2.75, 3.05) is 10.6 Å². The van der Waals surface area contributed by atoms with Crippen molar-refractivity contribution in [1.29, 1.82) is 0 Å². The molecule has 9 heteroatoms. The molecule has 2 atom stereocenters. The second kappa shape index (κ2) is 7.58. The topological polar surface area (TPSA) is 113 Å². The molecular weight excluding hydrogens is 380 g/mol. The molecule has 5 rings (SSSR count). The Labute approximate surface area is 172 Å². The van der Waals surface area contributed by atoms with Crippen LogP contribution in [0.1, 0.15) is 25.0 Å². The van der Waals surface area contributed by atoms with Crippen molar-refractivity contribution in [2.24, 2.45) is 0 Å². The molecule has 1 saturated carbocycles. The summed E-state index contributed by atoms with van der Waals surface area (Å²) in [5.74, 6) is 1.37. The molecule has 152 valence electrons. The number of aromatic amines is 1. The van der Waals surface area contributed by atoms with Gasteiger partial charge in [-0.1, -0.05) is 0 Å². The number of pyridine rings is 2. The standard InChI is InChI=1S/C21H22N8O/c1-13-11-24-21(28-27-13)26-16-3-2-15(10-16)25-18-5-4-17(12-23-18)29-9-7-14-6-8-22-19(14)20(29)30/h4-9,11-12,15-16,22H,2-3,10H2,1H3,(H,23,25)(H,24,26,28)/t15-,16-/m0/s1. The van der Waals surface area contributed by atoms with Crippen LogP contribution in [-0.4, -0.2) is 41.8 Å². The summed E-state index contributed by atoms with van der Waals surface area (Å²) in [5.41, 5.74) is 2.04. The van der Waals surface area contributed by atoms with E-state index in [4.69, 9.17) is 0 Å². The molecule has 4 aromatic heterocycles. The molecule has 3 N–H and O–H groups in total. The number of nitrogens with one attached hydrogen (secondary N) is 3. The maximum Gasteiger partial charge on any atom is 0.279 e. The Morgan fingerprint density at radius 2 is 1.90 bits per heavy atom. The van der Waals surface area contributed by atoms with E-state index in [-0.39, 0.29) is 5.56 Å². The third-order valence-corrected chi connectivity index (χ3v) is 5.44. The normalized spacial score (nSPS) is 18.6. The average molecular weight is 402 g/mol. The number of nitrogens with zero attached hydrogens (tertiary/aromatic N) is 5. The first-order valence-electron chi connectivity index (χ1n) is 10.0. The van der Waals surface area contributed by atoms with Gasteiger partial charge in [0.05, 0.1) is 23.8 Å². The van der Waals surface area contributed by atoms with E-state index in [0.717, 1.165) is 41.8 Å². The second-order valence-corrected chi connectivity index (χ2v) is 7.62. The Morgan fingerprint density at radius 3 is 2.67 bits per heavy atom. The fourth-order valence-electron chi connectivity index (χ4n) is 3.90. The molecule has 0 saturated heterocycles. The van der Waals surface area contributed by atoms with Gasteiger partial charge < -0.3 is 15.6 Å². The van der Waals surface area contributed by atoms with E-state index in [2.05, 4.69) is 35.8 Å². The second-order valence-electron chi connectivity index (χ2n) is 7.62. The average Bonchev–Trinajstić information content (AvgIpc) is 3.41. The fraction of sp³-hybridized carbons (Fsp3) is 0.286. The van der Waals surface area contributed by atoms with Gasteiger partial charge in [-0.2, -0.15) is 5.10 Å². The number of H-pyrrole nitrogens is 1. The zero-order chi connectivity index (χ0) is 20.5. The third-order valence-electron chi connectivity index (χ3n) is 5.44. The van der Waals surface area contributed by atoms with Crippen molar-refractivity contribution >= 4 is 22.7 Å². The minimum atomic E-state index is -0.0856. The zero-order valence-corrected chi connectivity index (χ0v) is 16.5. The van der Waals surface area contributed by atoms with Crippen LogP contribution < -0.4 is 16.2 Å². The molecule has 0 spiro atoms. The number of hydrogen-bond acceptors (Lipinski definition) is 7. The first kappa shape index (κ1) is 18.3. The molecule has 0 bridgehead atoms. The van der Waals surface area contributed by atoms with E-state index in [9.17, 15) is 4.79 Å². The summed E-state index contributed by atoms with van der Waals surface area (Å²) in [5, 5.41) is 15.8. The van der Waals surface area contributed by atoms with Gasteiger partial charge in [0.1, 0.15) is 11.3 Å². The highest BCUT2D eigenvalue weighted by Crippen LogP contribution is 2.24. The Morgan fingerprint density at radius 1 is 1.03 bits per heavy atom. The molecular formula is C21H22N8O. The highest BCUT2D eigenvalue weighted by Gasteiger charge is 2.25. The van der Waals surface area contributed by atoms with Gasteiger partial charge in [-0.05, 0) is 50.5 Å². The predicted octanol–water partition coefficient (Wildman–Crippen LogP) is 2.65. The highest BCUT2D eigenvalue weighted by atomic mass is 16.1. The van der Waals surface area contributed by atoms with E-state index in [1.807, 2.05) is 31.2 Å². The van der Waals surface area contributed by atoms with Crippen molar-refractivity contribution in [3.8, 4) is 5.69 Å². The van der Waals surface area contributed by atoms with Crippen molar-refractivity contribution in [2.45, 2.75) is 38.3 Å². The summed E-state index contributed by atoms with van der Waals surface area (Å²) >= 11 is 0. The lowest BCUT2D eigenvalue weighted by atomic mass is 10.2. The van der Waals surface area contributed by atoms with E-state index in [1.54, 1.807) is 29.4 Å². The molecule has 9 nitrogen and oxygen atoms in total. The first-order chi connectivity index (χ1) is 14.7. The van der Waals surface area contributed by atoms with Gasteiger partial charge in [0.25, 0.3) is 5.56 Å². The lowest BCUT2D eigenvalue weighted by Gasteiger charge is -2.15. The minimum Gasteiger partial charge on any atom is -0.367 e. The van der Waals surface area contributed by atoms with Gasteiger partial charge in [-0.3, -0.25) is 9.36 Å². The summed E-state index contributed by atoms with van der Waals surface area (Å²) in [7, 11) is 0. The van der Waals surface area contributed by atoms with Crippen molar-refractivity contribution in [1.82, 2.24) is 29.7 Å². The molecule has 1 aliphatic rings. The molecule has 30 heavy (non-hydrogen) atoms. The Balaban J connectivity index is 1.23. The Bertz CT molecular complexity index is 1210. The molecule has 0 radical (unpaired) electrons. The largest absolute Gasteiger partial charge is 0.367 e. The van der Waals surface area contributed by atoms with Gasteiger partial charge in [-0.25, -0.2) is 9.97 Å². The van der Waals surface area contributed by atoms with Crippen LogP contribution in [0.25, 0.3) is 16.6 Å². The van der Waals surface area contributed by atoms with Crippen LogP contribution in [0.4, 0.5) is 11.8 Å². The van der Waals surface area contributed by atoms with Crippen LogP contribution >= 0.6 is 0 Å². The van der Waals surface area contributed by atoms with Gasteiger partial charge in [0.2, 0.25) is 5.95 Å². The number of anilines is 2. The van der Waals surface area contributed by atoms with Crippen LogP contribution in [0.15, 0.2) is 53.8 Å². The SMILES string of the molecule is Cc1cnc(N[C@H]2CC[C@H](Nc3ccc(-n4ccc5cc[nH]c5c4=O)cn3)C2)nn1. The van der Waals surface area contributed by atoms with Crippen molar-refractivity contribution in [3.63, 3.8) is 0 Å². The number of rotatable bonds is 5. The van der Waals surface area contributed by atoms with E-state index in [1.165, 1.54) is 0 Å². The predicted molar refractivity (Wildman–Crippen MR) is 115 cm³/mol. The van der Waals surface area contributed by atoms with Gasteiger partial charge in [0, 0.05) is 29.9 Å². The van der Waals surface area contributed by atoms with Gasteiger partial charge >= 0.3 is 0 Å². The molecule has 4 heterocycles. The summed E-state index contributed by atoms with van der Waals surface area (Å²) in [6.07, 6.45) is 9.98. The maximum absolute atomic E-state index is 12.6. The minimum absolute atomic E-state index is 0.0856. The summed E-state index contributed by atoms with van der Waals surface area (Å²) in [4.78, 5) is 24.4. The van der Waals surface area contributed by atoms with Crippen molar-refractivity contribution < 1.29 is 0 Å². The molecule has 0 unspecified atom stereocenters. The lowest BCUT2D eigenvalue weighted by molar-refractivity contribution is 0.712. The van der Waals surface area contributed by atoms with Crippen LogP contribution in [0, 0.1) is 6.92 Å². The molecule has 4 aromatic rings. The lowest BCUT2D eigenvalue weighted by Crippen LogP contribution is -2.22.